The van der Waals surface area contributed by atoms with Gasteiger partial charge in [0.2, 0.25) is 0 Å². The molecule has 7 heteroatoms. The monoisotopic (exact) mass is 284 g/mol. The third-order valence-electron chi connectivity index (χ3n) is 3.26. The highest BCUT2D eigenvalue weighted by Crippen LogP contribution is 2.18. The quantitative estimate of drug-likeness (QED) is 0.846. The van der Waals surface area contributed by atoms with E-state index in [4.69, 9.17) is 5.26 Å². The van der Waals surface area contributed by atoms with Gasteiger partial charge in [0.25, 0.3) is 0 Å². The summed E-state index contributed by atoms with van der Waals surface area (Å²) in [7, 11) is 0. The van der Waals surface area contributed by atoms with Gasteiger partial charge in [-0.25, -0.2) is 4.98 Å². The largest absolute Gasteiger partial charge is 0.401 e. The average molecular weight is 284 g/mol. The van der Waals surface area contributed by atoms with Crippen LogP contribution in [0.3, 0.4) is 0 Å². The van der Waals surface area contributed by atoms with Crippen LogP contribution < -0.4 is 0 Å². The van der Waals surface area contributed by atoms with Crippen LogP contribution in [0.5, 0.6) is 0 Å². The van der Waals surface area contributed by atoms with Crippen molar-refractivity contribution in [3.63, 3.8) is 0 Å². The molecule has 20 heavy (non-hydrogen) atoms. The standard InChI is InChI=1S/C13H15F3N4/c14-13(15,16)10-20-6-4-19(5-7-20)9-11-2-1-3-18-12(11)8-17/h1-3H,4-7,9-10H2. The topological polar surface area (TPSA) is 43.2 Å². The van der Waals surface area contributed by atoms with E-state index < -0.39 is 12.7 Å². The second-order valence-corrected chi connectivity index (χ2v) is 4.79. The SMILES string of the molecule is N#Cc1ncccc1CN1CCN(CC(F)(F)F)CC1. The zero-order valence-corrected chi connectivity index (χ0v) is 10.9. The number of piperazine rings is 1. The van der Waals surface area contributed by atoms with Gasteiger partial charge in [-0.15, -0.1) is 0 Å². The highest BCUT2D eigenvalue weighted by atomic mass is 19.4. The summed E-state index contributed by atoms with van der Waals surface area (Å²) in [4.78, 5) is 7.43. The second-order valence-electron chi connectivity index (χ2n) is 4.79. The second kappa shape index (κ2) is 6.20. The van der Waals surface area contributed by atoms with Crippen LogP contribution in [0, 0.1) is 11.3 Å². The summed E-state index contributed by atoms with van der Waals surface area (Å²) in [6, 6.07) is 5.62. The summed E-state index contributed by atoms with van der Waals surface area (Å²) >= 11 is 0. The van der Waals surface area contributed by atoms with Gasteiger partial charge in [-0.2, -0.15) is 18.4 Å². The van der Waals surface area contributed by atoms with Gasteiger partial charge in [0.1, 0.15) is 11.8 Å². The van der Waals surface area contributed by atoms with E-state index in [2.05, 4.69) is 4.98 Å². The molecular formula is C13H15F3N4. The lowest BCUT2D eigenvalue weighted by Gasteiger charge is -2.35. The summed E-state index contributed by atoms with van der Waals surface area (Å²) in [6.45, 7) is 1.61. The van der Waals surface area contributed by atoms with Crippen LogP contribution in [0.2, 0.25) is 0 Å². The summed E-state index contributed by atoms with van der Waals surface area (Å²) in [6.07, 6.45) is -2.58. The number of hydrogen-bond donors (Lipinski definition) is 0. The molecule has 0 aromatic carbocycles. The Morgan fingerprint density at radius 1 is 1.20 bits per heavy atom. The smallest absolute Gasteiger partial charge is 0.296 e. The number of hydrogen-bond acceptors (Lipinski definition) is 4. The van der Waals surface area contributed by atoms with Gasteiger partial charge < -0.3 is 0 Å². The Morgan fingerprint density at radius 2 is 1.85 bits per heavy atom. The molecule has 1 saturated heterocycles. The molecule has 0 atom stereocenters. The van der Waals surface area contributed by atoms with Crippen molar-refractivity contribution in [2.24, 2.45) is 0 Å². The Morgan fingerprint density at radius 3 is 2.45 bits per heavy atom. The molecule has 0 spiro atoms. The molecule has 0 saturated carbocycles. The lowest BCUT2D eigenvalue weighted by atomic mass is 10.1. The molecule has 0 N–H and O–H groups in total. The van der Waals surface area contributed by atoms with Crippen molar-refractivity contribution >= 4 is 0 Å². The molecule has 1 aromatic rings. The Kier molecular flexibility index (Phi) is 4.57. The third-order valence-corrected chi connectivity index (χ3v) is 3.26. The van der Waals surface area contributed by atoms with E-state index in [0.717, 1.165) is 5.56 Å². The highest BCUT2D eigenvalue weighted by molar-refractivity contribution is 5.30. The first kappa shape index (κ1) is 14.8. The molecule has 2 heterocycles. The van der Waals surface area contributed by atoms with E-state index >= 15 is 0 Å². The van der Waals surface area contributed by atoms with E-state index in [1.807, 2.05) is 17.0 Å². The Bertz CT molecular complexity index is 487. The van der Waals surface area contributed by atoms with Gasteiger partial charge in [0.15, 0.2) is 0 Å². The molecular weight excluding hydrogens is 269 g/mol. The van der Waals surface area contributed by atoms with E-state index in [0.29, 0.717) is 38.4 Å². The van der Waals surface area contributed by atoms with Crippen LogP contribution in [0.4, 0.5) is 13.2 Å². The third kappa shape index (κ3) is 4.18. The van der Waals surface area contributed by atoms with Crippen LogP contribution in [0.15, 0.2) is 18.3 Å². The summed E-state index contributed by atoms with van der Waals surface area (Å²) in [5.74, 6) is 0. The number of rotatable bonds is 3. The Labute approximate surface area is 115 Å². The molecule has 4 nitrogen and oxygen atoms in total. The van der Waals surface area contributed by atoms with Crippen molar-refractivity contribution in [2.75, 3.05) is 32.7 Å². The van der Waals surface area contributed by atoms with Crippen LogP contribution in [0.25, 0.3) is 0 Å². The normalized spacial score (nSPS) is 17.9. The van der Waals surface area contributed by atoms with Crippen molar-refractivity contribution in [1.29, 1.82) is 5.26 Å². The van der Waals surface area contributed by atoms with Gasteiger partial charge in [-0.05, 0) is 6.07 Å². The van der Waals surface area contributed by atoms with Crippen molar-refractivity contribution in [2.45, 2.75) is 12.7 Å². The van der Waals surface area contributed by atoms with E-state index in [-0.39, 0.29) is 0 Å². The number of halogens is 3. The van der Waals surface area contributed by atoms with Gasteiger partial charge in [0.05, 0.1) is 6.54 Å². The van der Waals surface area contributed by atoms with E-state index in [9.17, 15) is 13.2 Å². The van der Waals surface area contributed by atoms with E-state index in [1.165, 1.54) is 4.90 Å². The molecule has 2 rings (SSSR count). The minimum absolute atomic E-state index is 0.380. The summed E-state index contributed by atoms with van der Waals surface area (Å²) in [5, 5.41) is 8.95. The van der Waals surface area contributed by atoms with Gasteiger partial charge in [-0.1, -0.05) is 6.07 Å². The van der Waals surface area contributed by atoms with Crippen LogP contribution >= 0.6 is 0 Å². The van der Waals surface area contributed by atoms with Crippen molar-refractivity contribution in [3.05, 3.63) is 29.6 Å². The first-order chi connectivity index (χ1) is 9.48. The fourth-order valence-electron chi connectivity index (χ4n) is 2.27. The van der Waals surface area contributed by atoms with Crippen LogP contribution in [-0.2, 0) is 6.54 Å². The number of aromatic nitrogens is 1. The predicted octanol–water partition coefficient (Wildman–Crippen LogP) is 1.63. The van der Waals surface area contributed by atoms with Crippen molar-refractivity contribution < 1.29 is 13.2 Å². The minimum atomic E-state index is -4.14. The number of nitriles is 1. The van der Waals surface area contributed by atoms with Gasteiger partial charge >= 0.3 is 6.18 Å². The number of nitrogens with zero attached hydrogens (tertiary/aromatic N) is 4. The Hall–Kier alpha value is -1.65. The molecule has 108 valence electrons. The molecule has 0 aliphatic carbocycles. The van der Waals surface area contributed by atoms with Gasteiger partial charge in [0, 0.05) is 44.5 Å². The molecule has 0 bridgehead atoms. The summed E-state index contributed by atoms with van der Waals surface area (Å²) < 4.78 is 36.8. The summed E-state index contributed by atoms with van der Waals surface area (Å²) in [5.41, 5.74) is 1.20. The first-order valence-corrected chi connectivity index (χ1v) is 6.33. The fourth-order valence-corrected chi connectivity index (χ4v) is 2.27. The maximum Gasteiger partial charge on any atom is 0.401 e. The molecule has 0 radical (unpaired) electrons. The lowest BCUT2D eigenvalue weighted by molar-refractivity contribution is -0.149. The van der Waals surface area contributed by atoms with Crippen molar-refractivity contribution in [1.82, 2.24) is 14.8 Å². The maximum atomic E-state index is 12.3. The highest BCUT2D eigenvalue weighted by Gasteiger charge is 2.32. The molecule has 0 amide bonds. The maximum absolute atomic E-state index is 12.3. The van der Waals surface area contributed by atoms with Gasteiger partial charge in [-0.3, -0.25) is 9.80 Å². The molecule has 1 aliphatic rings. The zero-order chi connectivity index (χ0) is 14.6. The Balaban J connectivity index is 1.87. The van der Waals surface area contributed by atoms with Crippen LogP contribution in [0.1, 0.15) is 11.3 Å². The minimum Gasteiger partial charge on any atom is -0.296 e. The number of pyridine rings is 1. The first-order valence-electron chi connectivity index (χ1n) is 6.33. The molecule has 1 aromatic heterocycles. The lowest BCUT2D eigenvalue weighted by Crippen LogP contribution is -2.48. The fraction of sp³-hybridized carbons (Fsp3) is 0.538. The molecule has 1 fully saturated rings. The molecule has 1 aliphatic heterocycles. The average Bonchev–Trinajstić information content (AvgIpc) is 2.40. The zero-order valence-electron chi connectivity index (χ0n) is 10.9. The predicted molar refractivity (Wildman–Crippen MR) is 66.7 cm³/mol. The van der Waals surface area contributed by atoms with Crippen LogP contribution in [-0.4, -0.2) is 53.7 Å². The number of alkyl halides is 3. The van der Waals surface area contributed by atoms with E-state index in [1.54, 1.807) is 12.3 Å². The van der Waals surface area contributed by atoms with Crippen molar-refractivity contribution in [3.8, 4) is 6.07 Å². The molecule has 0 unspecified atom stereocenters.